The van der Waals surface area contributed by atoms with Gasteiger partial charge in [-0.2, -0.15) is 0 Å². The number of hydrogen-bond acceptors (Lipinski definition) is 0. The van der Waals surface area contributed by atoms with Gasteiger partial charge in [-0.1, -0.05) is 146 Å². The molecule has 11 aromatic rings. The molecule has 11 rings (SSSR count). The summed E-state index contributed by atoms with van der Waals surface area (Å²) in [4.78, 5) is 0. The third-order valence-electron chi connectivity index (χ3n) is 10.5. The number of hydrogen-bond donors (Lipinski definition) is 0. The first-order valence-corrected chi connectivity index (χ1v) is 16.1. The van der Waals surface area contributed by atoms with Crippen LogP contribution in [-0.2, 0) is 0 Å². The zero-order valence-corrected chi connectivity index (χ0v) is 25.0. The molecule has 46 heavy (non-hydrogen) atoms. The maximum absolute atomic E-state index is 2.41. The van der Waals surface area contributed by atoms with Crippen molar-refractivity contribution >= 4 is 86.2 Å². The highest BCUT2D eigenvalue weighted by Crippen LogP contribution is 2.44. The van der Waals surface area contributed by atoms with Crippen LogP contribution in [0.25, 0.3) is 108 Å². The molecule has 0 radical (unpaired) electrons. The lowest BCUT2D eigenvalue weighted by Gasteiger charge is -2.17. The lowest BCUT2D eigenvalue weighted by Crippen LogP contribution is -1.90. The van der Waals surface area contributed by atoms with E-state index in [0.29, 0.717) is 0 Å². The first-order chi connectivity index (χ1) is 22.8. The molecule has 0 N–H and O–H groups in total. The lowest BCUT2D eigenvalue weighted by atomic mass is 9.86. The monoisotopic (exact) mass is 578 g/mol. The highest BCUT2D eigenvalue weighted by Gasteiger charge is 2.16. The Morgan fingerprint density at radius 1 is 0.196 bits per heavy atom. The van der Waals surface area contributed by atoms with E-state index in [4.69, 9.17) is 0 Å². The van der Waals surface area contributed by atoms with Gasteiger partial charge in [0.15, 0.2) is 0 Å². The Hall–Kier alpha value is -5.98. The standard InChI is InChI=1S/C46H26/c1-5-27-13-15-31-17-21-37(39-23-19-29(7-1)43(27)45(31)39)35-11-3-9-33-26-42-34(25-41(33)35)10-4-12-36(42)38-22-18-32-16-14-28-6-2-8-30-20-24-40(38)46(32)44(28)30/h1-26H. The molecule has 0 nitrogen and oxygen atoms in total. The summed E-state index contributed by atoms with van der Waals surface area (Å²) in [6.45, 7) is 0. The Bertz CT molecular complexity index is 2780. The van der Waals surface area contributed by atoms with Gasteiger partial charge in [0.2, 0.25) is 0 Å². The topological polar surface area (TPSA) is 0 Å². The fourth-order valence-corrected chi connectivity index (χ4v) is 8.46. The molecule has 0 aliphatic carbocycles. The van der Waals surface area contributed by atoms with E-state index in [-0.39, 0.29) is 0 Å². The second kappa shape index (κ2) is 8.81. The van der Waals surface area contributed by atoms with Crippen LogP contribution in [-0.4, -0.2) is 0 Å². The summed E-state index contributed by atoms with van der Waals surface area (Å²) in [5.41, 5.74) is 5.15. The molecule has 210 valence electrons. The molecule has 0 aliphatic rings. The van der Waals surface area contributed by atoms with Crippen LogP contribution >= 0.6 is 0 Å². The van der Waals surface area contributed by atoms with Crippen LogP contribution in [0.3, 0.4) is 0 Å². The Morgan fingerprint density at radius 3 is 0.935 bits per heavy atom. The molecule has 0 spiro atoms. The summed E-state index contributed by atoms with van der Waals surface area (Å²) >= 11 is 0. The van der Waals surface area contributed by atoms with Crippen molar-refractivity contribution < 1.29 is 0 Å². The molecule has 0 aromatic heterocycles. The minimum Gasteiger partial charge on any atom is -0.0610 e. The molecule has 0 unspecified atom stereocenters. The minimum absolute atomic E-state index is 1.26. The van der Waals surface area contributed by atoms with Crippen LogP contribution < -0.4 is 0 Å². The number of benzene rings is 11. The van der Waals surface area contributed by atoms with Gasteiger partial charge in [-0.25, -0.2) is 0 Å². The Labute approximate surface area is 265 Å². The molecule has 0 heterocycles. The van der Waals surface area contributed by atoms with Gasteiger partial charge in [0.1, 0.15) is 0 Å². The van der Waals surface area contributed by atoms with E-state index in [1.54, 1.807) is 0 Å². The van der Waals surface area contributed by atoms with Crippen LogP contribution in [0.5, 0.6) is 0 Å². The van der Waals surface area contributed by atoms with Gasteiger partial charge < -0.3 is 0 Å². The second-order valence-corrected chi connectivity index (χ2v) is 12.8. The molecule has 0 atom stereocenters. The number of rotatable bonds is 2. The maximum atomic E-state index is 2.41. The average Bonchev–Trinajstić information content (AvgIpc) is 3.11. The normalized spacial score (nSPS) is 12.3. The van der Waals surface area contributed by atoms with E-state index < -0.39 is 0 Å². The second-order valence-electron chi connectivity index (χ2n) is 12.8. The SMILES string of the molecule is c1cc(-c2ccc3ccc4cccc5ccc2c3c45)c2cc3cccc(-c4ccc5ccc6cccc7ccc4c5c67)c3cc2c1. The quantitative estimate of drug-likeness (QED) is 0.141. The van der Waals surface area contributed by atoms with E-state index in [9.17, 15) is 0 Å². The largest absolute Gasteiger partial charge is 0.0610 e. The molecular formula is C46H26. The van der Waals surface area contributed by atoms with Gasteiger partial charge in [0.05, 0.1) is 0 Å². The van der Waals surface area contributed by atoms with Gasteiger partial charge >= 0.3 is 0 Å². The van der Waals surface area contributed by atoms with Crippen molar-refractivity contribution in [3.05, 3.63) is 158 Å². The van der Waals surface area contributed by atoms with Crippen molar-refractivity contribution in [3.8, 4) is 22.3 Å². The molecule has 0 saturated heterocycles. The van der Waals surface area contributed by atoms with Crippen molar-refractivity contribution in [2.45, 2.75) is 0 Å². The van der Waals surface area contributed by atoms with E-state index in [2.05, 4.69) is 158 Å². The lowest BCUT2D eigenvalue weighted by molar-refractivity contribution is 1.70. The maximum Gasteiger partial charge on any atom is -0.00206 e. The minimum atomic E-state index is 1.26. The summed E-state index contributed by atoms with van der Waals surface area (Å²) in [5, 5.41) is 21.0. The predicted octanol–water partition coefficient (Wildman–Crippen LogP) is 13.1. The fraction of sp³-hybridized carbons (Fsp3) is 0. The summed E-state index contributed by atoms with van der Waals surface area (Å²) < 4.78 is 0. The van der Waals surface area contributed by atoms with Crippen LogP contribution in [0.2, 0.25) is 0 Å². The molecule has 0 aliphatic heterocycles. The van der Waals surface area contributed by atoms with Crippen molar-refractivity contribution in [2.75, 3.05) is 0 Å². The molecule has 0 fully saturated rings. The summed E-state index contributed by atoms with van der Waals surface area (Å²) in [6, 6.07) is 59.2. The zero-order valence-electron chi connectivity index (χ0n) is 25.0. The highest BCUT2D eigenvalue weighted by atomic mass is 14.2. The van der Waals surface area contributed by atoms with Crippen molar-refractivity contribution in [1.82, 2.24) is 0 Å². The van der Waals surface area contributed by atoms with Gasteiger partial charge in [0.25, 0.3) is 0 Å². The molecule has 0 amide bonds. The third kappa shape index (κ3) is 3.18. The van der Waals surface area contributed by atoms with Gasteiger partial charge in [-0.05, 0) is 121 Å². The first-order valence-electron chi connectivity index (χ1n) is 16.1. The zero-order chi connectivity index (χ0) is 29.9. The Kier molecular flexibility index (Phi) is 4.66. The van der Waals surface area contributed by atoms with Gasteiger partial charge in [0, 0.05) is 0 Å². The van der Waals surface area contributed by atoms with E-state index >= 15 is 0 Å². The van der Waals surface area contributed by atoms with Crippen LogP contribution in [0.15, 0.2) is 158 Å². The average molecular weight is 579 g/mol. The summed E-state index contributed by atoms with van der Waals surface area (Å²) in [6.07, 6.45) is 0. The number of fused-ring (bicyclic) bond motifs is 2. The first kappa shape index (κ1) is 24.4. The fourth-order valence-electron chi connectivity index (χ4n) is 8.46. The van der Waals surface area contributed by atoms with E-state index in [1.165, 1.54) is 108 Å². The van der Waals surface area contributed by atoms with E-state index in [0.717, 1.165) is 0 Å². The van der Waals surface area contributed by atoms with Crippen molar-refractivity contribution in [3.63, 3.8) is 0 Å². The van der Waals surface area contributed by atoms with Crippen LogP contribution in [0, 0.1) is 0 Å². The molecular weight excluding hydrogens is 553 g/mol. The summed E-state index contributed by atoms with van der Waals surface area (Å²) in [7, 11) is 0. The molecule has 0 heteroatoms. The molecule has 0 saturated carbocycles. The smallest absolute Gasteiger partial charge is 0.00206 e. The van der Waals surface area contributed by atoms with Crippen LogP contribution in [0.4, 0.5) is 0 Å². The van der Waals surface area contributed by atoms with Crippen molar-refractivity contribution in [2.24, 2.45) is 0 Å². The summed E-state index contributed by atoms with van der Waals surface area (Å²) in [5.74, 6) is 0. The third-order valence-corrected chi connectivity index (χ3v) is 10.5. The van der Waals surface area contributed by atoms with Crippen molar-refractivity contribution in [1.29, 1.82) is 0 Å². The molecule has 11 aromatic carbocycles. The van der Waals surface area contributed by atoms with E-state index in [1.807, 2.05) is 0 Å². The van der Waals surface area contributed by atoms with Crippen LogP contribution in [0.1, 0.15) is 0 Å². The Morgan fingerprint density at radius 2 is 0.500 bits per heavy atom. The highest BCUT2D eigenvalue weighted by molar-refractivity contribution is 6.28. The van der Waals surface area contributed by atoms with Gasteiger partial charge in [-0.3, -0.25) is 0 Å². The predicted molar refractivity (Wildman–Crippen MR) is 200 cm³/mol. The Balaban J connectivity index is 1.17. The molecule has 0 bridgehead atoms. The van der Waals surface area contributed by atoms with Gasteiger partial charge in [-0.15, -0.1) is 0 Å².